The highest BCUT2D eigenvalue weighted by Gasteiger charge is 2.28. The third-order valence-electron chi connectivity index (χ3n) is 6.47. The number of hydrogen-bond acceptors (Lipinski definition) is 5. The number of nitrogens with one attached hydrogen (secondary N) is 1. The molecule has 0 unspecified atom stereocenters. The molecular weight excluding hydrogens is 444 g/mol. The predicted molar refractivity (Wildman–Crippen MR) is 127 cm³/mol. The Morgan fingerprint density at radius 1 is 1.18 bits per heavy atom. The number of aromatic nitrogens is 2. The van der Waals surface area contributed by atoms with Crippen LogP contribution in [0.25, 0.3) is 10.2 Å². The molecule has 1 amide bonds. The van der Waals surface area contributed by atoms with Crippen LogP contribution in [0, 0.1) is 11.8 Å². The van der Waals surface area contributed by atoms with E-state index in [1.54, 1.807) is 11.3 Å². The van der Waals surface area contributed by atoms with Gasteiger partial charge in [0, 0.05) is 18.9 Å². The highest BCUT2D eigenvalue weighted by atomic mass is 32.1. The second-order valence-corrected chi connectivity index (χ2v) is 10.2. The molecule has 176 valence electrons. The maximum absolute atomic E-state index is 13.6. The van der Waals surface area contributed by atoms with Crippen molar-refractivity contribution in [2.75, 3.05) is 12.4 Å². The Morgan fingerprint density at radius 3 is 2.55 bits per heavy atom. The molecule has 1 aliphatic rings. The van der Waals surface area contributed by atoms with Crippen molar-refractivity contribution in [3.63, 3.8) is 0 Å². The normalized spacial score (nSPS) is 19.1. The van der Waals surface area contributed by atoms with Gasteiger partial charge >= 0.3 is 0 Å². The molecule has 0 spiro atoms. The summed E-state index contributed by atoms with van der Waals surface area (Å²) in [6, 6.07) is 7.67. The number of ether oxygens (including phenoxy) is 1. The van der Waals surface area contributed by atoms with Crippen LogP contribution < -0.4 is 10.1 Å². The van der Waals surface area contributed by atoms with E-state index < -0.39 is 17.5 Å². The Morgan fingerprint density at radius 2 is 1.91 bits per heavy atom. The van der Waals surface area contributed by atoms with E-state index >= 15 is 0 Å². The van der Waals surface area contributed by atoms with E-state index in [4.69, 9.17) is 9.72 Å². The Labute approximate surface area is 196 Å². The molecule has 1 aromatic carbocycles. The fourth-order valence-corrected chi connectivity index (χ4v) is 5.60. The summed E-state index contributed by atoms with van der Waals surface area (Å²) in [4.78, 5) is 21.4. The van der Waals surface area contributed by atoms with Crippen molar-refractivity contribution in [1.29, 1.82) is 0 Å². The molecule has 2 aromatic heterocycles. The Hall–Kier alpha value is -2.61. The fourth-order valence-electron chi connectivity index (χ4n) is 4.44. The monoisotopic (exact) mass is 473 g/mol. The zero-order valence-electron chi connectivity index (χ0n) is 19.3. The SMILES string of the molecule is COc1cc2nc(C3CCC(C(C)C)CC3)sc2cc1NC(=O)c1cccc(C(C)(F)F)n1. The standard InChI is InChI=1S/C25H29F2N3O2S/c1-14(2)15-8-10-16(11-9-15)24-30-19-12-20(32-4)18(13-21(19)33-24)29-23(31)17-6-5-7-22(28-17)25(3,26)27/h5-7,12-16H,8-11H2,1-4H3,(H,29,31). The van der Waals surface area contributed by atoms with Crippen molar-refractivity contribution in [2.45, 2.75) is 58.3 Å². The van der Waals surface area contributed by atoms with Crippen LogP contribution in [0.5, 0.6) is 5.75 Å². The van der Waals surface area contributed by atoms with E-state index in [-0.39, 0.29) is 5.69 Å². The third kappa shape index (κ3) is 5.16. The lowest BCUT2D eigenvalue weighted by atomic mass is 9.77. The fraction of sp³-hybridized carbons (Fsp3) is 0.480. The first-order valence-electron chi connectivity index (χ1n) is 11.3. The van der Waals surface area contributed by atoms with Gasteiger partial charge in [-0.3, -0.25) is 4.79 Å². The summed E-state index contributed by atoms with van der Waals surface area (Å²) >= 11 is 1.64. The predicted octanol–water partition coefficient (Wildman–Crippen LogP) is 6.99. The average Bonchev–Trinajstić information content (AvgIpc) is 3.21. The van der Waals surface area contributed by atoms with Gasteiger partial charge in [-0.2, -0.15) is 8.78 Å². The van der Waals surface area contributed by atoms with Crippen molar-refractivity contribution in [3.05, 3.63) is 46.7 Å². The average molecular weight is 474 g/mol. The van der Waals surface area contributed by atoms with Gasteiger partial charge in [-0.25, -0.2) is 9.97 Å². The molecule has 1 N–H and O–H groups in total. The topological polar surface area (TPSA) is 64.1 Å². The molecule has 0 aliphatic heterocycles. The number of hydrogen-bond donors (Lipinski definition) is 1. The number of alkyl halides is 2. The molecule has 2 heterocycles. The van der Waals surface area contributed by atoms with Gasteiger partial charge in [0.1, 0.15) is 17.1 Å². The number of halogens is 2. The van der Waals surface area contributed by atoms with Gasteiger partial charge in [0.25, 0.3) is 11.8 Å². The molecule has 1 saturated carbocycles. The van der Waals surface area contributed by atoms with Gasteiger partial charge in [0.05, 0.1) is 28.0 Å². The molecule has 1 aliphatic carbocycles. The van der Waals surface area contributed by atoms with Gasteiger partial charge in [0.15, 0.2) is 0 Å². The molecule has 8 heteroatoms. The Kier molecular flexibility index (Phi) is 6.66. The number of thiazole rings is 1. The van der Waals surface area contributed by atoms with Gasteiger partial charge in [-0.1, -0.05) is 19.9 Å². The van der Waals surface area contributed by atoms with Crippen molar-refractivity contribution in [1.82, 2.24) is 9.97 Å². The summed E-state index contributed by atoms with van der Waals surface area (Å²) in [5.41, 5.74) is 0.769. The molecular formula is C25H29F2N3O2S. The summed E-state index contributed by atoms with van der Waals surface area (Å²) in [5, 5.41) is 3.89. The molecule has 1 fully saturated rings. The van der Waals surface area contributed by atoms with Gasteiger partial charge < -0.3 is 10.1 Å². The lowest BCUT2D eigenvalue weighted by Gasteiger charge is -2.29. The van der Waals surface area contributed by atoms with E-state index in [0.717, 1.165) is 46.8 Å². The largest absolute Gasteiger partial charge is 0.494 e. The van der Waals surface area contributed by atoms with Crippen LogP contribution in [0.3, 0.4) is 0 Å². The lowest BCUT2D eigenvalue weighted by Crippen LogP contribution is -2.17. The molecule has 0 saturated heterocycles. The Bertz CT molecular complexity index is 1150. The van der Waals surface area contributed by atoms with Crippen LogP contribution in [0.15, 0.2) is 30.3 Å². The molecule has 3 aromatic rings. The maximum Gasteiger partial charge on any atom is 0.287 e. The summed E-state index contributed by atoms with van der Waals surface area (Å²) < 4.78 is 33.7. The van der Waals surface area contributed by atoms with Crippen LogP contribution >= 0.6 is 11.3 Å². The molecule has 0 radical (unpaired) electrons. The Balaban J connectivity index is 1.56. The second-order valence-electron chi connectivity index (χ2n) is 9.18. The van der Waals surface area contributed by atoms with Crippen molar-refractivity contribution in [3.8, 4) is 5.75 Å². The third-order valence-corrected chi connectivity index (χ3v) is 7.65. The zero-order valence-corrected chi connectivity index (χ0v) is 20.1. The van der Waals surface area contributed by atoms with E-state index in [1.165, 1.54) is 38.2 Å². The van der Waals surface area contributed by atoms with Crippen molar-refractivity contribution in [2.24, 2.45) is 11.8 Å². The molecule has 4 rings (SSSR count). The van der Waals surface area contributed by atoms with Crippen LogP contribution in [-0.4, -0.2) is 23.0 Å². The van der Waals surface area contributed by atoms with Crippen LogP contribution in [0.1, 0.15) is 73.6 Å². The number of anilines is 1. The molecule has 0 bridgehead atoms. The lowest BCUT2D eigenvalue weighted by molar-refractivity contribution is 0.0126. The van der Waals surface area contributed by atoms with E-state index in [1.807, 2.05) is 12.1 Å². The number of rotatable bonds is 6. The number of carbonyl (C=O) groups excluding carboxylic acids is 1. The van der Waals surface area contributed by atoms with E-state index in [9.17, 15) is 13.6 Å². The highest BCUT2D eigenvalue weighted by molar-refractivity contribution is 7.18. The minimum absolute atomic E-state index is 0.0805. The van der Waals surface area contributed by atoms with Gasteiger partial charge in [-0.05, 0) is 55.7 Å². The van der Waals surface area contributed by atoms with E-state index in [0.29, 0.717) is 17.4 Å². The highest BCUT2D eigenvalue weighted by Crippen LogP contribution is 2.42. The van der Waals surface area contributed by atoms with E-state index in [2.05, 4.69) is 24.1 Å². The quantitative estimate of drug-likeness (QED) is 0.419. The number of fused-ring (bicyclic) bond motifs is 1. The van der Waals surface area contributed by atoms with Crippen LogP contribution in [-0.2, 0) is 5.92 Å². The number of pyridine rings is 1. The molecule has 5 nitrogen and oxygen atoms in total. The number of amides is 1. The minimum Gasteiger partial charge on any atom is -0.494 e. The smallest absolute Gasteiger partial charge is 0.287 e. The number of nitrogens with zero attached hydrogens (tertiary/aromatic N) is 2. The summed E-state index contributed by atoms with van der Waals surface area (Å²) in [7, 11) is 1.52. The second kappa shape index (κ2) is 9.33. The van der Waals surface area contributed by atoms with Crippen LogP contribution in [0.4, 0.5) is 14.5 Å². The first kappa shape index (κ1) is 23.5. The summed E-state index contributed by atoms with van der Waals surface area (Å²) in [6.45, 7) is 5.35. The summed E-state index contributed by atoms with van der Waals surface area (Å²) in [6.07, 6.45) is 4.75. The minimum atomic E-state index is -3.12. The zero-order chi connectivity index (χ0) is 23.8. The van der Waals surface area contributed by atoms with Gasteiger partial charge in [0.2, 0.25) is 0 Å². The van der Waals surface area contributed by atoms with Gasteiger partial charge in [-0.15, -0.1) is 11.3 Å². The van der Waals surface area contributed by atoms with Crippen molar-refractivity contribution < 1.29 is 18.3 Å². The molecule has 33 heavy (non-hydrogen) atoms. The number of methoxy groups -OCH3 is 1. The number of benzene rings is 1. The van der Waals surface area contributed by atoms with Crippen LogP contribution in [0.2, 0.25) is 0 Å². The molecule has 0 atom stereocenters. The number of carbonyl (C=O) groups is 1. The first-order chi connectivity index (χ1) is 15.7. The maximum atomic E-state index is 13.6. The summed E-state index contributed by atoms with van der Waals surface area (Å²) in [5.74, 6) is -1.26. The van der Waals surface area contributed by atoms with Crippen molar-refractivity contribution >= 4 is 33.1 Å². The first-order valence-corrected chi connectivity index (χ1v) is 12.1.